The SMILES string of the molecule is Cc1ccc(-c2noc(C(C)C(F)(F)F)n2)cc1. The highest BCUT2D eigenvalue weighted by Gasteiger charge is 2.41. The highest BCUT2D eigenvalue weighted by Crippen LogP contribution is 2.33. The van der Waals surface area contributed by atoms with Crippen molar-refractivity contribution in [2.24, 2.45) is 0 Å². The molecule has 1 aromatic carbocycles. The first-order chi connectivity index (χ1) is 8.38. The molecule has 1 heterocycles. The summed E-state index contributed by atoms with van der Waals surface area (Å²) in [4.78, 5) is 3.78. The topological polar surface area (TPSA) is 38.9 Å². The van der Waals surface area contributed by atoms with E-state index in [0.29, 0.717) is 5.56 Å². The van der Waals surface area contributed by atoms with Gasteiger partial charge in [-0.25, -0.2) is 0 Å². The third-order valence-corrected chi connectivity index (χ3v) is 2.61. The lowest BCUT2D eigenvalue weighted by Crippen LogP contribution is -2.17. The van der Waals surface area contributed by atoms with Crippen molar-refractivity contribution >= 4 is 0 Å². The van der Waals surface area contributed by atoms with Crippen LogP contribution in [0.15, 0.2) is 28.8 Å². The van der Waals surface area contributed by atoms with Gasteiger partial charge in [-0.1, -0.05) is 35.0 Å². The molecule has 96 valence electrons. The van der Waals surface area contributed by atoms with Crippen molar-refractivity contribution in [1.29, 1.82) is 0 Å². The van der Waals surface area contributed by atoms with E-state index in [1.54, 1.807) is 12.1 Å². The molecule has 2 aromatic rings. The van der Waals surface area contributed by atoms with Gasteiger partial charge in [-0.3, -0.25) is 0 Å². The van der Waals surface area contributed by atoms with E-state index in [1.165, 1.54) is 0 Å². The van der Waals surface area contributed by atoms with E-state index >= 15 is 0 Å². The predicted octanol–water partition coefficient (Wildman–Crippen LogP) is 3.71. The molecule has 2 rings (SSSR count). The van der Waals surface area contributed by atoms with E-state index in [4.69, 9.17) is 0 Å². The first kappa shape index (κ1) is 12.6. The second kappa shape index (κ2) is 4.44. The molecule has 6 heteroatoms. The fourth-order valence-electron chi connectivity index (χ4n) is 1.37. The van der Waals surface area contributed by atoms with E-state index < -0.39 is 18.0 Å². The summed E-state index contributed by atoms with van der Waals surface area (Å²) in [5.74, 6) is -2.01. The zero-order chi connectivity index (χ0) is 13.3. The van der Waals surface area contributed by atoms with Crippen molar-refractivity contribution in [2.45, 2.75) is 25.9 Å². The van der Waals surface area contributed by atoms with Gasteiger partial charge < -0.3 is 4.52 Å². The van der Waals surface area contributed by atoms with Crippen molar-refractivity contribution in [1.82, 2.24) is 10.1 Å². The lowest BCUT2D eigenvalue weighted by molar-refractivity contribution is -0.151. The van der Waals surface area contributed by atoms with Crippen LogP contribution in [0.4, 0.5) is 13.2 Å². The van der Waals surface area contributed by atoms with E-state index in [0.717, 1.165) is 12.5 Å². The fraction of sp³-hybridized carbons (Fsp3) is 0.333. The Kier molecular flexibility index (Phi) is 3.11. The summed E-state index contributed by atoms with van der Waals surface area (Å²) in [6.07, 6.45) is -4.38. The van der Waals surface area contributed by atoms with Crippen LogP contribution in [0.5, 0.6) is 0 Å². The third-order valence-electron chi connectivity index (χ3n) is 2.61. The molecule has 0 amide bonds. The maximum Gasteiger partial charge on any atom is 0.400 e. The minimum atomic E-state index is -4.38. The van der Waals surface area contributed by atoms with Crippen LogP contribution in [-0.4, -0.2) is 16.3 Å². The third kappa shape index (κ3) is 2.52. The minimum absolute atomic E-state index is 0.168. The zero-order valence-corrected chi connectivity index (χ0v) is 9.82. The number of hydrogen-bond donors (Lipinski definition) is 0. The largest absolute Gasteiger partial charge is 0.400 e. The van der Waals surface area contributed by atoms with Crippen molar-refractivity contribution in [2.75, 3.05) is 0 Å². The smallest absolute Gasteiger partial charge is 0.338 e. The Balaban J connectivity index is 2.28. The molecule has 18 heavy (non-hydrogen) atoms. The molecule has 1 unspecified atom stereocenters. The van der Waals surface area contributed by atoms with Gasteiger partial charge in [0.05, 0.1) is 0 Å². The Morgan fingerprint density at radius 2 is 1.78 bits per heavy atom. The molecule has 0 spiro atoms. The van der Waals surface area contributed by atoms with Crippen LogP contribution in [0.25, 0.3) is 11.4 Å². The van der Waals surface area contributed by atoms with Crippen molar-refractivity contribution in [3.63, 3.8) is 0 Å². The minimum Gasteiger partial charge on any atom is -0.338 e. The highest BCUT2D eigenvalue weighted by atomic mass is 19.4. The van der Waals surface area contributed by atoms with Crippen LogP contribution in [0.3, 0.4) is 0 Å². The van der Waals surface area contributed by atoms with Gasteiger partial charge in [0.15, 0.2) is 0 Å². The molecule has 0 aliphatic rings. The molecule has 0 radical (unpaired) electrons. The summed E-state index contributed by atoms with van der Waals surface area (Å²) < 4.78 is 42.1. The lowest BCUT2D eigenvalue weighted by Gasteiger charge is -2.09. The average molecular weight is 256 g/mol. The molecular weight excluding hydrogens is 245 g/mol. The number of nitrogens with zero attached hydrogens (tertiary/aromatic N) is 2. The maximum atomic E-state index is 12.5. The maximum absolute atomic E-state index is 12.5. The van der Waals surface area contributed by atoms with Gasteiger partial charge >= 0.3 is 6.18 Å². The number of rotatable bonds is 2. The number of hydrogen-bond acceptors (Lipinski definition) is 3. The number of aromatic nitrogens is 2. The summed E-state index contributed by atoms with van der Waals surface area (Å²) in [5, 5.41) is 3.56. The second-order valence-corrected chi connectivity index (χ2v) is 4.09. The van der Waals surface area contributed by atoms with Gasteiger partial charge in [-0.2, -0.15) is 18.2 Å². The predicted molar refractivity (Wildman–Crippen MR) is 58.9 cm³/mol. The summed E-state index contributed by atoms with van der Waals surface area (Å²) >= 11 is 0. The Labute approximate surface area is 102 Å². The molecule has 3 nitrogen and oxygen atoms in total. The standard InChI is InChI=1S/C12H11F3N2O/c1-7-3-5-9(6-4-7)10-16-11(18-17-10)8(2)12(13,14)15/h3-6,8H,1-2H3. The van der Waals surface area contributed by atoms with Crippen LogP contribution in [0.2, 0.25) is 0 Å². The molecule has 0 aliphatic heterocycles. The molecule has 1 atom stereocenters. The van der Waals surface area contributed by atoms with Crippen molar-refractivity contribution in [3.8, 4) is 11.4 Å². The number of halogens is 3. The normalized spacial score (nSPS) is 13.6. The molecule has 0 bridgehead atoms. The van der Waals surface area contributed by atoms with Crippen LogP contribution in [0.1, 0.15) is 24.3 Å². The van der Waals surface area contributed by atoms with Gasteiger partial charge in [0.25, 0.3) is 0 Å². The first-order valence-electron chi connectivity index (χ1n) is 5.35. The van der Waals surface area contributed by atoms with Crippen molar-refractivity contribution in [3.05, 3.63) is 35.7 Å². The highest BCUT2D eigenvalue weighted by molar-refractivity contribution is 5.54. The molecule has 0 saturated heterocycles. The summed E-state index contributed by atoms with van der Waals surface area (Å²) in [6.45, 7) is 2.91. The van der Waals surface area contributed by atoms with E-state index in [1.807, 2.05) is 19.1 Å². The van der Waals surface area contributed by atoms with Crippen LogP contribution in [-0.2, 0) is 0 Å². The second-order valence-electron chi connectivity index (χ2n) is 4.09. The molecule has 0 fully saturated rings. The van der Waals surface area contributed by atoms with Gasteiger partial charge in [-0.05, 0) is 13.8 Å². The fourth-order valence-corrected chi connectivity index (χ4v) is 1.37. The molecule has 0 saturated carbocycles. The molecule has 0 aliphatic carbocycles. The van der Waals surface area contributed by atoms with Crippen molar-refractivity contribution < 1.29 is 17.7 Å². The Bertz CT molecular complexity index is 531. The summed E-state index contributed by atoms with van der Waals surface area (Å²) in [7, 11) is 0. The summed E-state index contributed by atoms with van der Waals surface area (Å²) in [6, 6.07) is 7.14. The Morgan fingerprint density at radius 3 is 2.33 bits per heavy atom. The number of aryl methyl sites for hydroxylation is 1. The van der Waals surface area contributed by atoms with Crippen LogP contribution < -0.4 is 0 Å². The van der Waals surface area contributed by atoms with E-state index in [9.17, 15) is 13.2 Å². The first-order valence-corrected chi connectivity index (χ1v) is 5.35. The molecule has 1 aromatic heterocycles. The van der Waals surface area contributed by atoms with Crippen LogP contribution in [0, 0.1) is 6.92 Å². The van der Waals surface area contributed by atoms with Gasteiger partial charge in [0.2, 0.25) is 11.7 Å². The molecule has 0 N–H and O–H groups in total. The van der Waals surface area contributed by atoms with Gasteiger partial charge in [0.1, 0.15) is 5.92 Å². The Hall–Kier alpha value is -1.85. The lowest BCUT2D eigenvalue weighted by atomic mass is 10.1. The summed E-state index contributed by atoms with van der Waals surface area (Å²) in [5.41, 5.74) is 1.68. The zero-order valence-electron chi connectivity index (χ0n) is 9.82. The Morgan fingerprint density at radius 1 is 1.17 bits per heavy atom. The van der Waals surface area contributed by atoms with E-state index in [2.05, 4.69) is 14.7 Å². The van der Waals surface area contributed by atoms with Gasteiger partial charge in [-0.15, -0.1) is 0 Å². The van der Waals surface area contributed by atoms with E-state index in [-0.39, 0.29) is 5.82 Å². The average Bonchev–Trinajstić information content (AvgIpc) is 2.77. The number of alkyl halides is 3. The van der Waals surface area contributed by atoms with Gasteiger partial charge in [0, 0.05) is 5.56 Å². The quantitative estimate of drug-likeness (QED) is 0.822. The molecular formula is C12H11F3N2O. The van der Waals surface area contributed by atoms with Crippen LogP contribution >= 0.6 is 0 Å². The monoisotopic (exact) mass is 256 g/mol. The number of benzene rings is 1.